The van der Waals surface area contributed by atoms with Gasteiger partial charge >= 0.3 is 0 Å². The maximum Gasteiger partial charge on any atom is 0.253 e. The molecule has 1 amide bonds. The zero-order valence-electron chi connectivity index (χ0n) is 10.3. The summed E-state index contributed by atoms with van der Waals surface area (Å²) in [4.78, 5) is 13.7. The van der Waals surface area contributed by atoms with E-state index in [1.54, 1.807) is 17.0 Å². The van der Waals surface area contributed by atoms with Gasteiger partial charge < -0.3 is 9.64 Å². The van der Waals surface area contributed by atoms with Crippen LogP contribution in [0, 0.1) is 0 Å². The Morgan fingerprint density at radius 1 is 1.35 bits per heavy atom. The van der Waals surface area contributed by atoms with E-state index in [1.807, 2.05) is 26.1 Å². The minimum Gasteiger partial charge on any atom is -0.494 e. The first kappa shape index (κ1) is 14.0. The van der Waals surface area contributed by atoms with Gasteiger partial charge in [-0.25, -0.2) is 0 Å². The van der Waals surface area contributed by atoms with Crippen LogP contribution < -0.4 is 4.74 Å². The molecule has 94 valence electrons. The molecule has 0 atom stereocenters. The predicted molar refractivity (Wildman–Crippen MR) is 73.0 cm³/mol. The molecule has 0 spiro atoms. The number of hydrogen-bond donors (Lipinski definition) is 0. The fourth-order valence-electron chi connectivity index (χ4n) is 1.48. The summed E-state index contributed by atoms with van der Waals surface area (Å²) in [6.45, 7) is 3.34. The number of alkyl halides is 1. The van der Waals surface area contributed by atoms with E-state index in [2.05, 4.69) is 15.9 Å². The standard InChI is InChI=1S/C13H18BrNO2/c1-3-17-12-7-5-11(6-8-12)13(16)15(2)10-4-9-14/h5-8H,3-4,9-10H2,1-2H3. The van der Waals surface area contributed by atoms with Crippen LogP contribution in [0.2, 0.25) is 0 Å². The second-order valence-corrected chi connectivity index (χ2v) is 4.52. The van der Waals surface area contributed by atoms with Gasteiger partial charge in [0.2, 0.25) is 0 Å². The second-order valence-electron chi connectivity index (χ2n) is 3.73. The van der Waals surface area contributed by atoms with Crippen molar-refractivity contribution in [2.45, 2.75) is 13.3 Å². The topological polar surface area (TPSA) is 29.5 Å². The number of hydrogen-bond acceptors (Lipinski definition) is 2. The molecule has 0 saturated carbocycles. The molecule has 0 aliphatic heterocycles. The molecule has 1 aromatic carbocycles. The van der Waals surface area contributed by atoms with Crippen molar-refractivity contribution in [3.8, 4) is 5.75 Å². The van der Waals surface area contributed by atoms with Gasteiger partial charge in [-0.2, -0.15) is 0 Å². The van der Waals surface area contributed by atoms with Crippen molar-refractivity contribution in [3.05, 3.63) is 29.8 Å². The van der Waals surface area contributed by atoms with Crippen LogP contribution in [0.15, 0.2) is 24.3 Å². The molecule has 0 unspecified atom stereocenters. The minimum atomic E-state index is 0.0500. The molecule has 0 aliphatic carbocycles. The summed E-state index contributed by atoms with van der Waals surface area (Å²) in [5.74, 6) is 0.848. The van der Waals surface area contributed by atoms with Crippen molar-refractivity contribution in [1.29, 1.82) is 0 Å². The lowest BCUT2D eigenvalue weighted by atomic mass is 10.2. The van der Waals surface area contributed by atoms with E-state index in [9.17, 15) is 4.79 Å². The molecular weight excluding hydrogens is 282 g/mol. The molecule has 0 N–H and O–H groups in total. The van der Waals surface area contributed by atoms with Crippen molar-refractivity contribution in [1.82, 2.24) is 4.90 Å². The molecule has 4 heteroatoms. The number of amides is 1. The molecule has 0 aliphatic rings. The van der Waals surface area contributed by atoms with Crippen LogP contribution in [0.5, 0.6) is 5.75 Å². The van der Waals surface area contributed by atoms with Crippen molar-refractivity contribution in [2.24, 2.45) is 0 Å². The summed E-state index contributed by atoms with van der Waals surface area (Å²) in [6, 6.07) is 7.26. The molecule has 0 saturated heterocycles. The minimum absolute atomic E-state index is 0.0500. The average Bonchev–Trinajstić information content (AvgIpc) is 2.36. The van der Waals surface area contributed by atoms with Gasteiger partial charge in [0.05, 0.1) is 6.61 Å². The first-order valence-electron chi connectivity index (χ1n) is 5.73. The molecular formula is C13H18BrNO2. The van der Waals surface area contributed by atoms with Crippen LogP contribution in [-0.2, 0) is 0 Å². The predicted octanol–water partition coefficient (Wildman–Crippen LogP) is 2.94. The number of carbonyl (C=O) groups excluding carboxylic acids is 1. The maximum absolute atomic E-state index is 12.0. The summed E-state index contributed by atoms with van der Waals surface area (Å²) >= 11 is 3.36. The molecule has 3 nitrogen and oxygen atoms in total. The fraction of sp³-hybridized carbons (Fsp3) is 0.462. The number of halogens is 1. The monoisotopic (exact) mass is 299 g/mol. The third kappa shape index (κ3) is 4.38. The SMILES string of the molecule is CCOc1ccc(C(=O)N(C)CCCBr)cc1. The van der Waals surface area contributed by atoms with Crippen molar-refractivity contribution < 1.29 is 9.53 Å². The van der Waals surface area contributed by atoms with Crippen LogP contribution in [-0.4, -0.2) is 36.3 Å². The van der Waals surface area contributed by atoms with Gasteiger partial charge in [0.25, 0.3) is 5.91 Å². The van der Waals surface area contributed by atoms with E-state index in [0.29, 0.717) is 12.2 Å². The first-order chi connectivity index (χ1) is 8.19. The van der Waals surface area contributed by atoms with E-state index in [4.69, 9.17) is 4.74 Å². The maximum atomic E-state index is 12.0. The normalized spacial score (nSPS) is 10.1. The Hall–Kier alpha value is -1.03. The van der Waals surface area contributed by atoms with Gasteiger partial charge in [-0.15, -0.1) is 0 Å². The molecule has 1 aromatic rings. The Morgan fingerprint density at radius 2 is 2.00 bits per heavy atom. The number of benzene rings is 1. The smallest absolute Gasteiger partial charge is 0.253 e. The quantitative estimate of drug-likeness (QED) is 0.756. The lowest BCUT2D eigenvalue weighted by molar-refractivity contribution is 0.0795. The lowest BCUT2D eigenvalue weighted by Gasteiger charge is -2.16. The fourth-order valence-corrected chi connectivity index (χ4v) is 1.73. The van der Waals surface area contributed by atoms with Crippen molar-refractivity contribution >= 4 is 21.8 Å². The molecule has 0 radical (unpaired) electrons. The molecule has 0 bridgehead atoms. The molecule has 1 rings (SSSR count). The molecule has 17 heavy (non-hydrogen) atoms. The Balaban J connectivity index is 2.62. The Kier molecular flexibility index (Phi) is 6.05. The summed E-state index contributed by atoms with van der Waals surface area (Å²) in [7, 11) is 1.82. The lowest BCUT2D eigenvalue weighted by Crippen LogP contribution is -2.27. The van der Waals surface area contributed by atoms with E-state index >= 15 is 0 Å². The highest BCUT2D eigenvalue weighted by molar-refractivity contribution is 9.09. The van der Waals surface area contributed by atoms with Crippen LogP contribution in [0.4, 0.5) is 0 Å². The van der Waals surface area contributed by atoms with E-state index in [-0.39, 0.29) is 5.91 Å². The zero-order chi connectivity index (χ0) is 12.7. The summed E-state index contributed by atoms with van der Waals surface area (Å²) < 4.78 is 5.33. The number of ether oxygens (including phenoxy) is 1. The van der Waals surface area contributed by atoms with Gasteiger partial charge in [-0.1, -0.05) is 15.9 Å². The van der Waals surface area contributed by atoms with Crippen LogP contribution in [0.1, 0.15) is 23.7 Å². The van der Waals surface area contributed by atoms with Crippen molar-refractivity contribution in [3.63, 3.8) is 0 Å². The number of carbonyl (C=O) groups is 1. The first-order valence-corrected chi connectivity index (χ1v) is 6.85. The summed E-state index contributed by atoms with van der Waals surface area (Å²) in [6.07, 6.45) is 0.958. The molecule has 0 heterocycles. The van der Waals surface area contributed by atoms with Gasteiger partial charge in [0, 0.05) is 24.5 Å². The Bertz CT molecular complexity index is 351. The van der Waals surface area contributed by atoms with Crippen LogP contribution in [0.25, 0.3) is 0 Å². The van der Waals surface area contributed by atoms with Crippen LogP contribution >= 0.6 is 15.9 Å². The zero-order valence-corrected chi connectivity index (χ0v) is 11.9. The van der Waals surface area contributed by atoms with Gasteiger partial charge in [0.1, 0.15) is 5.75 Å². The molecule has 0 fully saturated rings. The third-order valence-electron chi connectivity index (χ3n) is 2.39. The number of rotatable bonds is 6. The highest BCUT2D eigenvalue weighted by atomic mass is 79.9. The highest BCUT2D eigenvalue weighted by Gasteiger charge is 2.10. The second kappa shape index (κ2) is 7.33. The third-order valence-corrected chi connectivity index (χ3v) is 2.95. The largest absolute Gasteiger partial charge is 0.494 e. The Morgan fingerprint density at radius 3 is 2.53 bits per heavy atom. The summed E-state index contributed by atoms with van der Waals surface area (Å²) in [5, 5.41) is 0.911. The van der Waals surface area contributed by atoms with E-state index in [1.165, 1.54) is 0 Å². The molecule has 0 aromatic heterocycles. The van der Waals surface area contributed by atoms with E-state index in [0.717, 1.165) is 24.0 Å². The van der Waals surface area contributed by atoms with E-state index < -0.39 is 0 Å². The van der Waals surface area contributed by atoms with Gasteiger partial charge in [0.15, 0.2) is 0 Å². The van der Waals surface area contributed by atoms with Crippen LogP contribution in [0.3, 0.4) is 0 Å². The summed E-state index contributed by atoms with van der Waals surface area (Å²) in [5.41, 5.74) is 0.700. The highest BCUT2D eigenvalue weighted by Crippen LogP contribution is 2.13. The average molecular weight is 300 g/mol. The Labute approximate surface area is 111 Å². The number of nitrogens with zero attached hydrogens (tertiary/aromatic N) is 1. The van der Waals surface area contributed by atoms with Gasteiger partial charge in [-0.05, 0) is 37.6 Å². The van der Waals surface area contributed by atoms with Crippen molar-refractivity contribution in [2.75, 3.05) is 25.5 Å². The van der Waals surface area contributed by atoms with Gasteiger partial charge in [-0.3, -0.25) is 4.79 Å².